The minimum atomic E-state index is -3.78. The summed E-state index contributed by atoms with van der Waals surface area (Å²) in [6.45, 7) is 0. The molecular weight excluding hydrogens is 330 g/mol. The van der Waals surface area contributed by atoms with Crippen LogP contribution in [-0.4, -0.2) is 39.0 Å². The highest BCUT2D eigenvalue weighted by Crippen LogP contribution is 2.30. The van der Waals surface area contributed by atoms with E-state index in [2.05, 4.69) is 20.7 Å². The quantitative estimate of drug-likeness (QED) is 0.752. The topological polar surface area (TPSA) is 80.3 Å². The van der Waals surface area contributed by atoms with Crippen LogP contribution >= 0.6 is 15.9 Å². The van der Waals surface area contributed by atoms with E-state index < -0.39 is 30.5 Å². The summed E-state index contributed by atoms with van der Waals surface area (Å²) in [5, 5.41) is -0.322. The zero-order valence-corrected chi connectivity index (χ0v) is 13.0. The van der Waals surface area contributed by atoms with Gasteiger partial charge in [0.05, 0.1) is 0 Å². The lowest BCUT2D eigenvalue weighted by molar-refractivity contribution is 0.302. The maximum absolute atomic E-state index is 11.8. The molecule has 1 aliphatic carbocycles. The van der Waals surface area contributed by atoms with Crippen LogP contribution in [0.1, 0.15) is 32.1 Å². The average Bonchev–Trinajstić information content (AvgIpc) is 2.14. The Labute approximate surface area is 111 Å². The zero-order valence-electron chi connectivity index (χ0n) is 9.78. The van der Waals surface area contributed by atoms with E-state index in [-0.39, 0.29) is 0 Å². The summed E-state index contributed by atoms with van der Waals surface area (Å²) in [4.78, 5) is 0. The van der Waals surface area contributed by atoms with Crippen molar-refractivity contribution >= 4 is 35.8 Å². The Morgan fingerprint density at radius 3 is 2.06 bits per heavy atom. The van der Waals surface area contributed by atoms with Gasteiger partial charge < -0.3 is 0 Å². The lowest BCUT2D eigenvalue weighted by Crippen LogP contribution is -2.52. The highest BCUT2D eigenvalue weighted by molar-refractivity contribution is 9.09. The fourth-order valence-electron chi connectivity index (χ4n) is 2.13. The molecule has 0 amide bonds. The normalized spacial score (nSPS) is 21.3. The molecule has 0 bridgehead atoms. The van der Waals surface area contributed by atoms with Gasteiger partial charge in [-0.15, -0.1) is 0 Å². The van der Waals surface area contributed by atoms with Crippen molar-refractivity contribution in [3.8, 4) is 0 Å². The lowest BCUT2D eigenvalue weighted by atomic mass is 9.84. The molecule has 17 heavy (non-hydrogen) atoms. The molecular formula is C9H18BrNO4S2. The second kappa shape index (κ2) is 5.54. The molecule has 0 saturated heterocycles. The predicted octanol–water partition coefficient (Wildman–Crippen LogP) is 1.01. The molecule has 0 unspecified atom stereocenters. The fraction of sp³-hybridized carbons (Fsp3) is 1.00. The first-order valence-electron chi connectivity index (χ1n) is 5.43. The van der Waals surface area contributed by atoms with E-state index >= 15 is 0 Å². The Hall–Kier alpha value is 0.340. The van der Waals surface area contributed by atoms with Gasteiger partial charge in [-0.25, -0.2) is 21.6 Å². The average molecular weight is 348 g/mol. The van der Waals surface area contributed by atoms with Crippen LogP contribution in [0.3, 0.4) is 0 Å². The smallest absolute Gasteiger partial charge is 0.226 e. The number of hydrogen-bond acceptors (Lipinski definition) is 4. The molecule has 0 aromatic heterocycles. The van der Waals surface area contributed by atoms with Crippen molar-refractivity contribution in [2.75, 3.05) is 16.7 Å². The van der Waals surface area contributed by atoms with E-state index in [1.54, 1.807) is 0 Å². The number of sulfone groups is 1. The van der Waals surface area contributed by atoms with Gasteiger partial charge in [0.2, 0.25) is 10.0 Å². The van der Waals surface area contributed by atoms with Gasteiger partial charge in [-0.2, -0.15) is 0 Å². The summed E-state index contributed by atoms with van der Waals surface area (Å²) in [6, 6.07) is 0. The third-order valence-electron chi connectivity index (χ3n) is 2.81. The highest BCUT2D eigenvalue weighted by atomic mass is 79.9. The van der Waals surface area contributed by atoms with Crippen LogP contribution in [-0.2, 0) is 19.9 Å². The maximum atomic E-state index is 11.8. The molecule has 1 saturated carbocycles. The molecule has 8 heteroatoms. The first-order chi connectivity index (χ1) is 7.68. The Balaban J connectivity index is 2.80. The van der Waals surface area contributed by atoms with Gasteiger partial charge in [0.1, 0.15) is 0 Å². The lowest BCUT2D eigenvalue weighted by Gasteiger charge is -2.36. The van der Waals surface area contributed by atoms with Crippen LogP contribution in [0.5, 0.6) is 0 Å². The van der Waals surface area contributed by atoms with Gasteiger partial charge in [-0.3, -0.25) is 0 Å². The van der Waals surface area contributed by atoms with Crippen molar-refractivity contribution in [2.24, 2.45) is 0 Å². The molecule has 0 radical (unpaired) electrons. The molecule has 0 atom stereocenters. The molecule has 1 N–H and O–H groups in total. The van der Waals surface area contributed by atoms with Crippen molar-refractivity contribution < 1.29 is 16.8 Å². The predicted molar refractivity (Wildman–Crippen MR) is 71.4 cm³/mol. The van der Waals surface area contributed by atoms with E-state index in [0.29, 0.717) is 5.33 Å². The van der Waals surface area contributed by atoms with Gasteiger partial charge >= 0.3 is 0 Å². The summed E-state index contributed by atoms with van der Waals surface area (Å²) in [5.41, 5.74) is -0.512. The van der Waals surface area contributed by atoms with Gasteiger partial charge in [-0.05, 0) is 12.8 Å². The van der Waals surface area contributed by atoms with Gasteiger partial charge in [0.25, 0.3) is 0 Å². The molecule has 0 heterocycles. The first kappa shape index (κ1) is 15.4. The second-order valence-electron chi connectivity index (χ2n) is 4.74. The molecule has 1 fully saturated rings. The third kappa shape index (κ3) is 5.23. The standard InChI is InChI=1S/C9H18BrNO4S2/c1-16(12,13)8-17(14,15)11-9(7-10)5-3-2-4-6-9/h11H,2-8H2,1H3. The van der Waals surface area contributed by atoms with Crippen molar-refractivity contribution in [2.45, 2.75) is 37.6 Å². The zero-order chi connectivity index (χ0) is 13.2. The maximum Gasteiger partial charge on any atom is 0.226 e. The van der Waals surface area contributed by atoms with Crippen molar-refractivity contribution in [3.63, 3.8) is 0 Å². The third-order valence-corrected chi connectivity index (χ3v) is 7.58. The molecule has 0 aromatic rings. The van der Waals surface area contributed by atoms with E-state index in [4.69, 9.17) is 0 Å². The first-order valence-corrected chi connectivity index (χ1v) is 10.3. The van der Waals surface area contributed by atoms with Gasteiger partial charge in [0.15, 0.2) is 14.9 Å². The van der Waals surface area contributed by atoms with E-state index in [1.807, 2.05) is 0 Å². The minimum Gasteiger partial charge on any atom is -0.228 e. The summed E-state index contributed by atoms with van der Waals surface area (Å²) < 4.78 is 48.2. The molecule has 5 nitrogen and oxygen atoms in total. The molecule has 0 aromatic carbocycles. The van der Waals surface area contributed by atoms with Crippen LogP contribution in [0.25, 0.3) is 0 Å². The fourth-order valence-corrected chi connectivity index (χ4v) is 6.45. The summed E-state index contributed by atoms with van der Waals surface area (Å²) >= 11 is 3.32. The van der Waals surface area contributed by atoms with E-state index in [1.165, 1.54) is 0 Å². The van der Waals surface area contributed by atoms with Crippen LogP contribution in [0.2, 0.25) is 0 Å². The molecule has 0 aliphatic heterocycles. The molecule has 1 aliphatic rings. The summed E-state index contributed by atoms with van der Waals surface area (Å²) in [5.74, 6) is 0. The summed E-state index contributed by atoms with van der Waals surface area (Å²) in [6.07, 6.45) is 5.46. The van der Waals surface area contributed by atoms with Crippen molar-refractivity contribution in [3.05, 3.63) is 0 Å². The highest BCUT2D eigenvalue weighted by Gasteiger charge is 2.35. The SMILES string of the molecule is CS(=O)(=O)CS(=O)(=O)NC1(CBr)CCCCC1. The van der Waals surface area contributed by atoms with Crippen LogP contribution < -0.4 is 4.72 Å². The van der Waals surface area contributed by atoms with E-state index in [0.717, 1.165) is 38.4 Å². The number of nitrogens with one attached hydrogen (secondary N) is 1. The second-order valence-corrected chi connectivity index (χ2v) is 9.52. The van der Waals surface area contributed by atoms with Crippen LogP contribution in [0.15, 0.2) is 0 Å². The number of alkyl halides is 1. The van der Waals surface area contributed by atoms with Crippen LogP contribution in [0, 0.1) is 0 Å². The number of halogens is 1. The number of rotatable bonds is 5. The summed E-state index contributed by atoms with van der Waals surface area (Å²) in [7, 11) is -7.31. The molecule has 0 spiro atoms. The van der Waals surface area contributed by atoms with Crippen LogP contribution in [0.4, 0.5) is 0 Å². The van der Waals surface area contributed by atoms with E-state index in [9.17, 15) is 16.8 Å². The monoisotopic (exact) mass is 347 g/mol. The Morgan fingerprint density at radius 2 is 1.65 bits per heavy atom. The minimum absolute atomic E-state index is 0.512. The largest absolute Gasteiger partial charge is 0.228 e. The van der Waals surface area contributed by atoms with Gasteiger partial charge in [0, 0.05) is 17.1 Å². The Bertz CT molecular complexity index is 451. The molecule has 102 valence electrons. The number of sulfonamides is 1. The number of hydrogen-bond donors (Lipinski definition) is 1. The Kier molecular flexibility index (Phi) is 5.02. The Morgan fingerprint density at radius 1 is 1.12 bits per heavy atom. The molecule has 1 rings (SSSR count). The van der Waals surface area contributed by atoms with Crippen molar-refractivity contribution in [1.29, 1.82) is 0 Å². The van der Waals surface area contributed by atoms with Crippen molar-refractivity contribution in [1.82, 2.24) is 4.72 Å². The van der Waals surface area contributed by atoms with Gasteiger partial charge in [-0.1, -0.05) is 35.2 Å².